The molecule has 0 bridgehead atoms. The fraction of sp³-hybridized carbons (Fsp3) is 0.143. The number of fused-ring (bicyclic) bond motifs is 1. The average Bonchev–Trinajstić information content (AvgIpc) is 2.48. The van der Waals surface area contributed by atoms with Gasteiger partial charge >= 0.3 is 0 Å². The van der Waals surface area contributed by atoms with Crippen molar-refractivity contribution < 1.29 is 4.79 Å². The molecule has 2 nitrogen and oxygen atoms in total. The lowest BCUT2D eigenvalue weighted by molar-refractivity contribution is -0.113. The molecular formula is C14H13NOS. The van der Waals surface area contributed by atoms with Crippen molar-refractivity contribution in [2.45, 2.75) is 18.2 Å². The number of carbonyl (C=O) groups is 1. The third kappa shape index (κ3) is 2.56. The van der Waals surface area contributed by atoms with Crippen molar-refractivity contribution in [1.82, 2.24) is 0 Å². The van der Waals surface area contributed by atoms with Crippen LogP contribution in [-0.4, -0.2) is 12.0 Å². The lowest BCUT2D eigenvalue weighted by Gasteiger charge is -2.06. The zero-order chi connectivity index (χ0) is 12.3. The normalized spacial score (nSPS) is 14.2. The Bertz CT molecular complexity index is 529. The maximum absolute atomic E-state index is 11.6. The predicted molar refractivity (Wildman–Crippen MR) is 73.0 cm³/mol. The van der Waals surface area contributed by atoms with Crippen molar-refractivity contribution in [2.75, 3.05) is 0 Å². The van der Waals surface area contributed by atoms with Gasteiger partial charge < -0.3 is 0 Å². The summed E-state index contributed by atoms with van der Waals surface area (Å²) in [6.07, 6.45) is 4.17. The molecular weight excluding hydrogens is 230 g/mol. The number of Topliss-reactive ketones (excluding diaryl/α,β-unsaturated/α-hetero) is 1. The number of ketones is 1. The van der Waals surface area contributed by atoms with Crippen LogP contribution < -0.4 is 0 Å². The highest BCUT2D eigenvalue weighted by Gasteiger charge is 2.15. The summed E-state index contributed by atoms with van der Waals surface area (Å²) in [6, 6.07) is 7.89. The topological polar surface area (TPSA) is 29.4 Å². The van der Waals surface area contributed by atoms with Gasteiger partial charge in [-0.15, -0.1) is 6.58 Å². The number of thioether (sulfide) groups is 1. The van der Waals surface area contributed by atoms with Crippen LogP contribution in [-0.2, 0) is 4.79 Å². The molecule has 0 unspecified atom stereocenters. The fourth-order valence-corrected chi connectivity index (χ4v) is 2.76. The quantitative estimate of drug-likeness (QED) is 0.753. The van der Waals surface area contributed by atoms with Crippen LogP contribution in [0.1, 0.15) is 13.3 Å². The zero-order valence-electron chi connectivity index (χ0n) is 9.64. The second kappa shape index (κ2) is 5.15. The molecule has 17 heavy (non-hydrogen) atoms. The van der Waals surface area contributed by atoms with Gasteiger partial charge in [-0.1, -0.05) is 30.0 Å². The molecule has 1 aromatic carbocycles. The third-order valence-corrected chi connectivity index (χ3v) is 3.64. The summed E-state index contributed by atoms with van der Waals surface area (Å²) in [7, 11) is 0. The molecule has 1 aliphatic rings. The molecule has 0 spiro atoms. The Morgan fingerprint density at radius 1 is 1.47 bits per heavy atom. The van der Waals surface area contributed by atoms with Crippen LogP contribution in [0.4, 0.5) is 5.69 Å². The van der Waals surface area contributed by atoms with E-state index in [-0.39, 0.29) is 5.78 Å². The van der Waals surface area contributed by atoms with Crippen LogP contribution in [0.3, 0.4) is 0 Å². The summed E-state index contributed by atoms with van der Waals surface area (Å²) >= 11 is 1.60. The van der Waals surface area contributed by atoms with Gasteiger partial charge in [0.1, 0.15) is 0 Å². The lowest BCUT2D eigenvalue weighted by atomic mass is 10.1. The van der Waals surface area contributed by atoms with E-state index in [1.165, 1.54) is 0 Å². The van der Waals surface area contributed by atoms with Gasteiger partial charge in [0.15, 0.2) is 5.78 Å². The van der Waals surface area contributed by atoms with Crippen molar-refractivity contribution in [2.24, 2.45) is 4.99 Å². The first-order chi connectivity index (χ1) is 8.22. The molecule has 0 atom stereocenters. The molecule has 2 rings (SSSR count). The van der Waals surface area contributed by atoms with Crippen molar-refractivity contribution >= 4 is 29.4 Å². The SMILES string of the molecule is C=CCC1=C(C(C)=O)C=Nc2ccccc2S1. The molecule has 0 radical (unpaired) electrons. The number of rotatable bonds is 3. The molecule has 0 N–H and O–H groups in total. The van der Waals surface area contributed by atoms with E-state index in [1.807, 2.05) is 30.3 Å². The Morgan fingerprint density at radius 2 is 2.24 bits per heavy atom. The molecule has 3 heteroatoms. The Kier molecular flexibility index (Phi) is 3.59. The van der Waals surface area contributed by atoms with Crippen molar-refractivity contribution in [3.63, 3.8) is 0 Å². The first-order valence-corrected chi connectivity index (χ1v) is 6.20. The fourth-order valence-electron chi connectivity index (χ4n) is 1.61. The van der Waals surface area contributed by atoms with Crippen LogP contribution in [0, 0.1) is 0 Å². The monoisotopic (exact) mass is 243 g/mol. The Balaban J connectivity index is 2.49. The largest absolute Gasteiger partial charge is 0.294 e. The molecule has 0 fully saturated rings. The minimum absolute atomic E-state index is 0.0471. The number of hydrogen-bond acceptors (Lipinski definition) is 3. The zero-order valence-corrected chi connectivity index (χ0v) is 10.5. The molecule has 0 saturated carbocycles. The lowest BCUT2D eigenvalue weighted by Crippen LogP contribution is -2.00. The summed E-state index contributed by atoms with van der Waals surface area (Å²) in [6.45, 7) is 5.30. The van der Waals surface area contributed by atoms with E-state index in [0.29, 0.717) is 12.0 Å². The first-order valence-electron chi connectivity index (χ1n) is 5.38. The van der Waals surface area contributed by atoms with E-state index in [9.17, 15) is 4.79 Å². The van der Waals surface area contributed by atoms with E-state index in [4.69, 9.17) is 0 Å². The van der Waals surface area contributed by atoms with Crippen molar-refractivity contribution in [1.29, 1.82) is 0 Å². The van der Waals surface area contributed by atoms with E-state index >= 15 is 0 Å². The van der Waals surface area contributed by atoms with E-state index < -0.39 is 0 Å². The molecule has 1 aromatic rings. The van der Waals surface area contributed by atoms with Gasteiger partial charge in [-0.05, 0) is 25.5 Å². The number of aliphatic imine (C=N–C) groups is 1. The first kappa shape index (κ1) is 11.9. The summed E-state index contributed by atoms with van der Waals surface area (Å²) < 4.78 is 0. The summed E-state index contributed by atoms with van der Waals surface area (Å²) in [5.74, 6) is 0.0471. The molecule has 86 valence electrons. The number of carbonyl (C=O) groups excluding carboxylic acids is 1. The second-order valence-electron chi connectivity index (χ2n) is 3.71. The highest BCUT2D eigenvalue weighted by atomic mass is 32.2. The minimum atomic E-state index is 0.0471. The van der Waals surface area contributed by atoms with Gasteiger partial charge in [0.05, 0.1) is 5.69 Å². The predicted octanol–water partition coefficient (Wildman–Crippen LogP) is 3.91. The van der Waals surface area contributed by atoms with Gasteiger partial charge in [0, 0.05) is 21.6 Å². The van der Waals surface area contributed by atoms with Crippen molar-refractivity contribution in [3.8, 4) is 0 Å². The molecule has 0 saturated heterocycles. The number of nitrogens with zero attached hydrogens (tertiary/aromatic N) is 1. The highest BCUT2D eigenvalue weighted by Crippen LogP contribution is 2.39. The van der Waals surface area contributed by atoms with E-state index in [2.05, 4.69) is 11.6 Å². The second-order valence-corrected chi connectivity index (χ2v) is 4.85. The van der Waals surface area contributed by atoms with Crippen LogP contribution in [0.2, 0.25) is 0 Å². The Morgan fingerprint density at radius 3 is 2.94 bits per heavy atom. The number of para-hydroxylation sites is 1. The minimum Gasteiger partial charge on any atom is -0.294 e. The smallest absolute Gasteiger partial charge is 0.162 e. The van der Waals surface area contributed by atoms with E-state index in [1.54, 1.807) is 24.9 Å². The van der Waals surface area contributed by atoms with Crippen LogP contribution >= 0.6 is 11.8 Å². The molecule has 0 amide bonds. The maximum Gasteiger partial charge on any atom is 0.162 e. The van der Waals surface area contributed by atoms with Crippen molar-refractivity contribution in [3.05, 3.63) is 47.4 Å². The third-order valence-electron chi connectivity index (χ3n) is 2.44. The average molecular weight is 243 g/mol. The van der Waals surface area contributed by atoms with Gasteiger partial charge in [-0.25, -0.2) is 0 Å². The van der Waals surface area contributed by atoms with Crippen LogP contribution in [0.25, 0.3) is 0 Å². The van der Waals surface area contributed by atoms with Gasteiger partial charge in [-0.2, -0.15) is 0 Å². The molecule has 1 aliphatic heterocycles. The molecule has 1 heterocycles. The molecule has 0 aliphatic carbocycles. The number of hydrogen-bond donors (Lipinski definition) is 0. The Labute approximate surface area is 105 Å². The van der Waals surface area contributed by atoms with Crippen LogP contribution in [0.5, 0.6) is 0 Å². The number of allylic oxidation sites excluding steroid dienone is 3. The summed E-state index contributed by atoms with van der Waals surface area (Å²) in [5.41, 5.74) is 1.60. The van der Waals surface area contributed by atoms with Gasteiger partial charge in [0.2, 0.25) is 0 Å². The standard InChI is InChI=1S/C14H13NOS/c1-3-6-13-11(10(2)16)9-15-12-7-4-5-8-14(12)17-13/h3-5,7-9H,1,6H2,2H3. The molecule has 0 aromatic heterocycles. The summed E-state index contributed by atoms with van der Waals surface area (Å²) in [4.78, 5) is 18.0. The maximum atomic E-state index is 11.6. The van der Waals surface area contributed by atoms with Gasteiger partial charge in [-0.3, -0.25) is 9.79 Å². The Hall–Kier alpha value is -1.61. The van der Waals surface area contributed by atoms with Gasteiger partial charge in [0.25, 0.3) is 0 Å². The highest BCUT2D eigenvalue weighted by molar-refractivity contribution is 8.03. The van der Waals surface area contributed by atoms with Crippen LogP contribution in [0.15, 0.2) is 57.3 Å². The number of benzene rings is 1. The van der Waals surface area contributed by atoms with E-state index in [0.717, 1.165) is 15.5 Å². The summed E-state index contributed by atoms with van der Waals surface area (Å²) in [5, 5.41) is 0.